The van der Waals surface area contributed by atoms with E-state index in [9.17, 15) is 0 Å². The molecule has 0 spiro atoms. The summed E-state index contributed by atoms with van der Waals surface area (Å²) in [6.45, 7) is 2.49. The number of ether oxygens (including phenoxy) is 1. The standard InChI is InChI=1S/C13H10Cl3NO/c1-2-18-11-6-3-8(7-17-11)9-4-5-10(14)13(16)12(9)15/h3-7H,2H2,1H3. The first-order chi connectivity index (χ1) is 8.63. The minimum atomic E-state index is 0.352. The third kappa shape index (κ3) is 2.72. The monoisotopic (exact) mass is 301 g/mol. The van der Waals surface area contributed by atoms with Gasteiger partial charge in [-0.3, -0.25) is 0 Å². The van der Waals surface area contributed by atoms with Gasteiger partial charge in [-0.25, -0.2) is 4.98 Å². The minimum absolute atomic E-state index is 0.352. The van der Waals surface area contributed by atoms with Crippen molar-refractivity contribution < 1.29 is 4.74 Å². The molecule has 0 aliphatic heterocycles. The zero-order valence-electron chi connectivity index (χ0n) is 9.58. The first-order valence-corrected chi connectivity index (χ1v) is 6.49. The van der Waals surface area contributed by atoms with E-state index >= 15 is 0 Å². The molecular formula is C13H10Cl3NO. The van der Waals surface area contributed by atoms with E-state index in [1.54, 1.807) is 18.3 Å². The SMILES string of the molecule is CCOc1ccc(-c2ccc(Cl)c(Cl)c2Cl)cn1. The minimum Gasteiger partial charge on any atom is -0.478 e. The van der Waals surface area contributed by atoms with Crippen molar-refractivity contribution in [3.8, 4) is 17.0 Å². The molecule has 0 atom stereocenters. The third-order valence-electron chi connectivity index (χ3n) is 2.37. The first-order valence-electron chi connectivity index (χ1n) is 5.36. The Morgan fingerprint density at radius 3 is 2.44 bits per heavy atom. The van der Waals surface area contributed by atoms with Gasteiger partial charge < -0.3 is 4.74 Å². The van der Waals surface area contributed by atoms with E-state index in [-0.39, 0.29) is 0 Å². The molecule has 2 rings (SSSR count). The second-order valence-electron chi connectivity index (χ2n) is 3.54. The molecule has 0 aliphatic carbocycles. The summed E-state index contributed by atoms with van der Waals surface area (Å²) in [5.41, 5.74) is 1.66. The van der Waals surface area contributed by atoms with Crippen LogP contribution in [0.15, 0.2) is 30.5 Å². The maximum absolute atomic E-state index is 6.16. The van der Waals surface area contributed by atoms with E-state index in [1.165, 1.54) is 0 Å². The van der Waals surface area contributed by atoms with Crippen molar-refractivity contribution >= 4 is 34.8 Å². The molecule has 0 amide bonds. The van der Waals surface area contributed by atoms with E-state index in [1.807, 2.05) is 19.1 Å². The van der Waals surface area contributed by atoms with Gasteiger partial charge in [0, 0.05) is 23.4 Å². The zero-order chi connectivity index (χ0) is 13.1. The highest BCUT2D eigenvalue weighted by Gasteiger charge is 2.10. The van der Waals surface area contributed by atoms with Crippen molar-refractivity contribution in [2.75, 3.05) is 6.61 Å². The van der Waals surface area contributed by atoms with Gasteiger partial charge in [-0.15, -0.1) is 0 Å². The van der Waals surface area contributed by atoms with Gasteiger partial charge in [0.1, 0.15) is 0 Å². The van der Waals surface area contributed by atoms with Crippen LogP contribution in [0.2, 0.25) is 15.1 Å². The molecule has 1 heterocycles. The van der Waals surface area contributed by atoms with Gasteiger partial charge in [0.25, 0.3) is 0 Å². The van der Waals surface area contributed by atoms with Gasteiger partial charge in [0.15, 0.2) is 0 Å². The Balaban J connectivity index is 2.40. The van der Waals surface area contributed by atoms with E-state index in [4.69, 9.17) is 39.5 Å². The number of hydrogen-bond donors (Lipinski definition) is 0. The normalized spacial score (nSPS) is 10.4. The van der Waals surface area contributed by atoms with Gasteiger partial charge in [-0.1, -0.05) is 40.9 Å². The van der Waals surface area contributed by atoms with Crippen LogP contribution in [0.1, 0.15) is 6.92 Å². The molecule has 0 saturated carbocycles. The third-order valence-corrected chi connectivity index (χ3v) is 3.67. The Morgan fingerprint density at radius 2 is 1.83 bits per heavy atom. The van der Waals surface area contributed by atoms with Gasteiger partial charge >= 0.3 is 0 Å². The van der Waals surface area contributed by atoms with Crippen molar-refractivity contribution in [2.24, 2.45) is 0 Å². The molecule has 94 valence electrons. The number of halogens is 3. The topological polar surface area (TPSA) is 22.1 Å². The van der Waals surface area contributed by atoms with Gasteiger partial charge in [-0.2, -0.15) is 0 Å². The average Bonchev–Trinajstić information content (AvgIpc) is 2.38. The highest BCUT2D eigenvalue weighted by atomic mass is 35.5. The van der Waals surface area contributed by atoms with Gasteiger partial charge in [0.05, 0.1) is 21.7 Å². The Hall–Kier alpha value is -0.960. The summed E-state index contributed by atoms with van der Waals surface area (Å²) >= 11 is 18.1. The predicted molar refractivity (Wildman–Crippen MR) is 75.9 cm³/mol. The molecule has 18 heavy (non-hydrogen) atoms. The van der Waals surface area contributed by atoms with Crippen LogP contribution in [0.3, 0.4) is 0 Å². The van der Waals surface area contributed by atoms with Crippen LogP contribution < -0.4 is 4.74 Å². The van der Waals surface area contributed by atoms with Gasteiger partial charge in [-0.05, 0) is 19.1 Å². The molecular weight excluding hydrogens is 293 g/mol. The molecule has 2 aromatic rings. The second-order valence-corrected chi connectivity index (χ2v) is 4.70. The number of aromatic nitrogens is 1. The molecule has 1 aromatic carbocycles. The quantitative estimate of drug-likeness (QED) is 0.735. The lowest BCUT2D eigenvalue weighted by Gasteiger charge is -2.08. The van der Waals surface area contributed by atoms with Crippen LogP contribution in [0.4, 0.5) is 0 Å². The molecule has 5 heteroatoms. The molecule has 0 fully saturated rings. The number of hydrogen-bond acceptors (Lipinski definition) is 2. The summed E-state index contributed by atoms with van der Waals surface area (Å²) in [5, 5.41) is 1.21. The van der Waals surface area contributed by atoms with Crippen molar-refractivity contribution in [2.45, 2.75) is 6.92 Å². The van der Waals surface area contributed by atoms with Crippen LogP contribution >= 0.6 is 34.8 Å². The molecule has 0 saturated heterocycles. The smallest absolute Gasteiger partial charge is 0.213 e. The van der Waals surface area contributed by atoms with E-state index < -0.39 is 0 Å². The maximum Gasteiger partial charge on any atom is 0.213 e. The Bertz CT molecular complexity index is 555. The molecule has 2 nitrogen and oxygen atoms in total. The van der Waals surface area contributed by atoms with Crippen LogP contribution in [0, 0.1) is 0 Å². The molecule has 0 unspecified atom stereocenters. The van der Waals surface area contributed by atoms with Crippen LogP contribution in [0.5, 0.6) is 5.88 Å². The summed E-state index contributed by atoms with van der Waals surface area (Å²) in [4.78, 5) is 4.18. The summed E-state index contributed by atoms with van der Waals surface area (Å²) in [6, 6.07) is 7.19. The molecule has 0 aliphatic rings. The van der Waals surface area contributed by atoms with Crippen molar-refractivity contribution in [1.82, 2.24) is 4.98 Å². The summed E-state index contributed by atoms with van der Waals surface area (Å²) < 4.78 is 5.28. The maximum atomic E-state index is 6.16. The fourth-order valence-electron chi connectivity index (χ4n) is 1.52. The second kappa shape index (κ2) is 5.79. The highest BCUT2D eigenvalue weighted by molar-refractivity contribution is 6.49. The first kappa shape index (κ1) is 13.5. The van der Waals surface area contributed by atoms with E-state index in [2.05, 4.69) is 4.98 Å². The van der Waals surface area contributed by atoms with Crippen LogP contribution in [-0.2, 0) is 0 Å². The summed E-state index contributed by atoms with van der Waals surface area (Å²) in [7, 11) is 0. The van der Waals surface area contributed by atoms with E-state index in [0.29, 0.717) is 27.6 Å². The lowest BCUT2D eigenvalue weighted by atomic mass is 10.1. The molecule has 1 aromatic heterocycles. The summed E-state index contributed by atoms with van der Waals surface area (Å²) in [5.74, 6) is 0.581. The van der Waals surface area contributed by atoms with Crippen molar-refractivity contribution in [1.29, 1.82) is 0 Å². The van der Waals surface area contributed by atoms with Gasteiger partial charge in [0.2, 0.25) is 5.88 Å². The average molecular weight is 303 g/mol. The lowest BCUT2D eigenvalue weighted by Crippen LogP contribution is -1.93. The number of benzene rings is 1. The van der Waals surface area contributed by atoms with Crippen molar-refractivity contribution in [3.63, 3.8) is 0 Å². The largest absolute Gasteiger partial charge is 0.478 e. The Labute approximate surface area is 120 Å². The Morgan fingerprint density at radius 1 is 1.06 bits per heavy atom. The number of nitrogens with zero attached hydrogens (tertiary/aromatic N) is 1. The van der Waals surface area contributed by atoms with E-state index in [0.717, 1.165) is 11.1 Å². The number of rotatable bonds is 3. The van der Waals surface area contributed by atoms with Crippen molar-refractivity contribution in [3.05, 3.63) is 45.5 Å². The highest BCUT2D eigenvalue weighted by Crippen LogP contribution is 2.37. The number of pyridine rings is 1. The Kier molecular flexibility index (Phi) is 4.33. The molecule has 0 bridgehead atoms. The predicted octanol–water partition coefficient (Wildman–Crippen LogP) is 5.11. The molecule has 0 N–H and O–H groups in total. The van der Waals surface area contributed by atoms with Crippen LogP contribution in [-0.4, -0.2) is 11.6 Å². The fraction of sp³-hybridized carbons (Fsp3) is 0.154. The van der Waals surface area contributed by atoms with Crippen LogP contribution in [0.25, 0.3) is 11.1 Å². The fourth-order valence-corrected chi connectivity index (χ4v) is 2.17. The summed E-state index contributed by atoms with van der Waals surface area (Å²) in [6.07, 6.45) is 1.69. The lowest BCUT2D eigenvalue weighted by molar-refractivity contribution is 0.327. The molecule has 0 radical (unpaired) electrons. The zero-order valence-corrected chi connectivity index (χ0v) is 11.9.